The number of nitrogens with one attached hydrogen (secondary N) is 1. The zero-order valence-corrected chi connectivity index (χ0v) is 15.5. The van der Waals surface area contributed by atoms with E-state index in [1.165, 1.54) is 32.0 Å². The molecular formula is C15H17N7O3S. The summed E-state index contributed by atoms with van der Waals surface area (Å²) >= 11 is 1.19. The quantitative estimate of drug-likeness (QED) is 0.636. The van der Waals surface area contributed by atoms with Crippen LogP contribution in [0.1, 0.15) is 11.4 Å². The zero-order chi connectivity index (χ0) is 18.7. The number of anilines is 1. The predicted octanol–water partition coefficient (Wildman–Crippen LogP) is 1.28. The Kier molecular flexibility index (Phi) is 5.16. The molecule has 0 saturated carbocycles. The van der Waals surface area contributed by atoms with Crippen molar-refractivity contribution in [1.29, 1.82) is 0 Å². The van der Waals surface area contributed by atoms with Gasteiger partial charge in [0.1, 0.15) is 0 Å². The minimum atomic E-state index is -0.301. The molecule has 0 aromatic carbocycles. The highest BCUT2D eigenvalue weighted by molar-refractivity contribution is 7.99. The van der Waals surface area contributed by atoms with Gasteiger partial charge in [-0.3, -0.25) is 10.1 Å². The molecule has 0 spiro atoms. The third-order valence-electron chi connectivity index (χ3n) is 3.28. The van der Waals surface area contributed by atoms with Crippen LogP contribution < -0.4 is 14.8 Å². The third-order valence-corrected chi connectivity index (χ3v) is 4.12. The molecule has 136 valence electrons. The molecular weight excluding hydrogens is 358 g/mol. The van der Waals surface area contributed by atoms with Gasteiger partial charge in [-0.25, -0.2) is 9.50 Å². The van der Waals surface area contributed by atoms with Crippen LogP contribution in [-0.2, 0) is 4.79 Å². The Morgan fingerprint density at radius 2 is 1.81 bits per heavy atom. The molecule has 3 aromatic heterocycles. The topological polar surface area (TPSA) is 116 Å². The van der Waals surface area contributed by atoms with Gasteiger partial charge < -0.3 is 9.47 Å². The maximum atomic E-state index is 12.1. The summed E-state index contributed by atoms with van der Waals surface area (Å²) in [6.45, 7) is 3.81. The van der Waals surface area contributed by atoms with Crippen LogP contribution in [0.25, 0.3) is 5.78 Å². The van der Waals surface area contributed by atoms with Crippen LogP contribution in [0.2, 0.25) is 0 Å². The number of thioether (sulfide) groups is 1. The van der Waals surface area contributed by atoms with Crippen molar-refractivity contribution in [2.75, 3.05) is 25.3 Å². The van der Waals surface area contributed by atoms with E-state index in [2.05, 4.69) is 30.4 Å². The number of rotatable bonds is 6. The van der Waals surface area contributed by atoms with E-state index >= 15 is 0 Å². The second-order valence-corrected chi connectivity index (χ2v) is 6.20. The highest BCUT2D eigenvalue weighted by Crippen LogP contribution is 2.19. The average molecular weight is 375 g/mol. The van der Waals surface area contributed by atoms with Crippen LogP contribution in [0.5, 0.6) is 11.8 Å². The smallest absolute Gasteiger partial charge is 0.253 e. The number of amides is 1. The Labute approximate surface area is 153 Å². The summed E-state index contributed by atoms with van der Waals surface area (Å²) in [7, 11) is 2.94. The van der Waals surface area contributed by atoms with Gasteiger partial charge in [-0.05, 0) is 19.9 Å². The van der Waals surface area contributed by atoms with Gasteiger partial charge in [-0.2, -0.15) is 15.0 Å². The average Bonchev–Trinajstić information content (AvgIpc) is 3.02. The second-order valence-electron chi connectivity index (χ2n) is 5.26. The SMILES string of the molecule is COc1cc(OC)nc(NC(=O)CSc2nc3nc(C)cc(C)n3n2)n1. The minimum absolute atomic E-state index is 0.0950. The van der Waals surface area contributed by atoms with Crippen LogP contribution in [0.4, 0.5) is 5.95 Å². The number of fused-ring (bicyclic) bond motifs is 1. The van der Waals surface area contributed by atoms with Crippen molar-refractivity contribution in [3.05, 3.63) is 23.5 Å². The molecule has 0 fully saturated rings. The van der Waals surface area contributed by atoms with Gasteiger partial charge in [0.2, 0.25) is 28.8 Å². The fourth-order valence-electron chi connectivity index (χ4n) is 2.17. The summed E-state index contributed by atoms with van der Waals surface area (Å²) in [6, 6.07) is 3.43. The number of aromatic nitrogens is 6. The minimum Gasteiger partial charge on any atom is -0.481 e. The molecule has 0 atom stereocenters. The third kappa shape index (κ3) is 3.99. The van der Waals surface area contributed by atoms with E-state index in [9.17, 15) is 4.79 Å². The lowest BCUT2D eigenvalue weighted by atomic mass is 10.4. The molecule has 0 aliphatic heterocycles. The van der Waals surface area contributed by atoms with Gasteiger partial charge >= 0.3 is 0 Å². The van der Waals surface area contributed by atoms with Crippen molar-refractivity contribution in [3.8, 4) is 11.8 Å². The van der Waals surface area contributed by atoms with E-state index < -0.39 is 0 Å². The molecule has 0 radical (unpaired) electrons. The fraction of sp³-hybridized carbons (Fsp3) is 0.333. The molecule has 3 aromatic rings. The fourth-order valence-corrected chi connectivity index (χ4v) is 2.79. The first-order valence-electron chi connectivity index (χ1n) is 7.59. The Balaban J connectivity index is 1.67. The van der Waals surface area contributed by atoms with Crippen molar-refractivity contribution in [2.45, 2.75) is 19.0 Å². The first-order chi connectivity index (χ1) is 12.5. The number of hydrogen-bond donors (Lipinski definition) is 1. The highest BCUT2D eigenvalue weighted by Gasteiger charge is 2.13. The van der Waals surface area contributed by atoms with Gasteiger partial charge in [0.25, 0.3) is 5.78 Å². The van der Waals surface area contributed by atoms with Gasteiger partial charge in [0.15, 0.2) is 0 Å². The number of ether oxygens (including phenoxy) is 2. The van der Waals surface area contributed by atoms with Crippen molar-refractivity contribution >= 4 is 29.4 Å². The van der Waals surface area contributed by atoms with Crippen molar-refractivity contribution in [1.82, 2.24) is 29.5 Å². The number of hydrogen-bond acceptors (Lipinski definition) is 9. The van der Waals surface area contributed by atoms with Crippen LogP contribution >= 0.6 is 11.8 Å². The molecule has 11 heteroatoms. The molecule has 1 amide bonds. The molecule has 3 rings (SSSR count). The summed E-state index contributed by atoms with van der Waals surface area (Å²) in [4.78, 5) is 28.9. The van der Waals surface area contributed by atoms with Gasteiger partial charge in [-0.1, -0.05) is 11.8 Å². The first-order valence-corrected chi connectivity index (χ1v) is 8.58. The van der Waals surface area contributed by atoms with Gasteiger partial charge in [0, 0.05) is 11.4 Å². The lowest BCUT2D eigenvalue weighted by Crippen LogP contribution is -2.16. The molecule has 0 aliphatic rings. The van der Waals surface area contributed by atoms with Crippen LogP contribution in [0, 0.1) is 13.8 Å². The Morgan fingerprint density at radius 1 is 1.12 bits per heavy atom. The summed E-state index contributed by atoms with van der Waals surface area (Å²) in [5, 5.41) is 7.40. The molecule has 26 heavy (non-hydrogen) atoms. The zero-order valence-electron chi connectivity index (χ0n) is 14.7. The number of nitrogens with zero attached hydrogens (tertiary/aromatic N) is 6. The summed E-state index contributed by atoms with van der Waals surface area (Å²) < 4.78 is 11.7. The summed E-state index contributed by atoms with van der Waals surface area (Å²) in [5.41, 5.74) is 1.79. The molecule has 0 aliphatic carbocycles. The Morgan fingerprint density at radius 3 is 2.46 bits per heavy atom. The van der Waals surface area contributed by atoms with E-state index in [0.29, 0.717) is 22.7 Å². The van der Waals surface area contributed by atoms with E-state index in [1.54, 1.807) is 4.52 Å². The van der Waals surface area contributed by atoms with E-state index in [0.717, 1.165) is 11.4 Å². The number of carbonyl (C=O) groups excluding carboxylic acids is 1. The maximum absolute atomic E-state index is 12.1. The highest BCUT2D eigenvalue weighted by atomic mass is 32.2. The van der Waals surface area contributed by atoms with Crippen LogP contribution in [0.15, 0.2) is 17.3 Å². The second kappa shape index (κ2) is 7.52. The van der Waals surface area contributed by atoms with E-state index in [1.807, 2.05) is 19.9 Å². The van der Waals surface area contributed by atoms with Crippen LogP contribution in [0.3, 0.4) is 0 Å². The van der Waals surface area contributed by atoms with Crippen molar-refractivity contribution in [2.24, 2.45) is 0 Å². The Bertz CT molecular complexity index is 938. The molecule has 1 N–H and O–H groups in total. The largest absolute Gasteiger partial charge is 0.481 e. The number of methoxy groups -OCH3 is 2. The molecule has 0 bridgehead atoms. The molecule has 0 saturated heterocycles. The van der Waals surface area contributed by atoms with Crippen molar-refractivity contribution < 1.29 is 14.3 Å². The van der Waals surface area contributed by atoms with E-state index in [-0.39, 0.29) is 17.6 Å². The molecule has 10 nitrogen and oxygen atoms in total. The number of carbonyl (C=O) groups is 1. The lowest BCUT2D eigenvalue weighted by Gasteiger charge is -2.06. The predicted molar refractivity (Wildman–Crippen MR) is 94.7 cm³/mol. The first kappa shape index (κ1) is 17.9. The lowest BCUT2D eigenvalue weighted by molar-refractivity contribution is -0.113. The van der Waals surface area contributed by atoms with Crippen molar-refractivity contribution in [3.63, 3.8) is 0 Å². The monoisotopic (exact) mass is 375 g/mol. The Hall–Kier alpha value is -2.95. The molecule has 3 heterocycles. The van der Waals surface area contributed by atoms with Gasteiger partial charge in [-0.15, -0.1) is 5.10 Å². The standard InChI is InChI=1S/C15H17N7O3S/c1-8-5-9(2)22-14(16-8)20-15(21-22)26-7-10(23)17-13-18-11(24-3)6-12(19-13)25-4/h5-6H,7H2,1-4H3,(H,17,18,19,23). The molecule has 0 unspecified atom stereocenters. The maximum Gasteiger partial charge on any atom is 0.253 e. The normalized spacial score (nSPS) is 10.8. The summed E-state index contributed by atoms with van der Waals surface area (Å²) in [6.07, 6.45) is 0. The van der Waals surface area contributed by atoms with Gasteiger partial charge in [0.05, 0.1) is 26.0 Å². The van der Waals surface area contributed by atoms with E-state index in [4.69, 9.17) is 9.47 Å². The van der Waals surface area contributed by atoms with Crippen LogP contribution in [-0.4, -0.2) is 55.4 Å². The summed E-state index contributed by atoms with van der Waals surface area (Å²) in [5.74, 6) is 0.981. The number of aryl methyl sites for hydroxylation is 2.